The van der Waals surface area contributed by atoms with Gasteiger partial charge in [-0.25, -0.2) is 9.97 Å². The van der Waals surface area contributed by atoms with Crippen LogP contribution in [-0.2, 0) is 12.8 Å². The van der Waals surface area contributed by atoms with Gasteiger partial charge in [-0.05, 0) is 76.6 Å². The molecule has 0 spiro atoms. The first kappa shape index (κ1) is 17.6. The first-order chi connectivity index (χ1) is 14.4. The maximum atomic E-state index is 5.09. The van der Waals surface area contributed by atoms with E-state index in [1.807, 2.05) is 12.1 Å². The van der Waals surface area contributed by atoms with E-state index in [2.05, 4.69) is 58.5 Å². The number of rotatable bonds is 1. The number of aromatic nitrogens is 2. The summed E-state index contributed by atoms with van der Waals surface area (Å²) in [6.45, 7) is 0. The lowest BCUT2D eigenvalue weighted by atomic mass is 9.86. The second kappa shape index (κ2) is 7.88. The molecule has 0 bridgehead atoms. The third-order valence-electron chi connectivity index (χ3n) is 5.56. The predicted molar refractivity (Wildman–Crippen MR) is 118 cm³/mol. The van der Waals surface area contributed by atoms with Gasteiger partial charge in [-0.1, -0.05) is 48.5 Å². The van der Waals surface area contributed by atoms with Gasteiger partial charge < -0.3 is 4.42 Å². The van der Waals surface area contributed by atoms with E-state index in [1.165, 1.54) is 47.2 Å². The number of aryl methyl sites for hydroxylation is 2. The second-order valence-electron chi connectivity index (χ2n) is 7.34. The van der Waals surface area contributed by atoms with Crippen LogP contribution in [0.4, 0.5) is 0 Å². The normalized spacial score (nSPS) is 13.0. The Balaban J connectivity index is 0.000000142. The lowest BCUT2D eigenvalue weighted by Gasteiger charge is -2.18. The highest BCUT2D eigenvalue weighted by Gasteiger charge is 2.13. The van der Waals surface area contributed by atoms with E-state index < -0.39 is 0 Å². The summed E-state index contributed by atoms with van der Waals surface area (Å²) in [6.07, 6.45) is 10.2. The lowest BCUT2D eigenvalue weighted by molar-refractivity contribution is 0.577. The van der Waals surface area contributed by atoms with Crippen LogP contribution in [-0.4, -0.2) is 9.97 Å². The Hall–Kier alpha value is -3.46. The fraction of sp³-hybridized carbons (Fsp3) is 0.154. The predicted octanol–water partition coefficient (Wildman–Crippen LogP) is 6.61. The van der Waals surface area contributed by atoms with Gasteiger partial charge in [0.15, 0.2) is 11.6 Å². The number of hydrogen-bond acceptors (Lipinski definition) is 3. The number of furan rings is 1. The minimum absolute atomic E-state index is 0.623. The SMILES string of the molecule is c1ccc2c(c1)ccc1c3c(ccc12)CCCC3.c1cnc(-c2ccco2)nc1. The Morgan fingerprint density at radius 1 is 0.655 bits per heavy atom. The maximum Gasteiger partial charge on any atom is 0.195 e. The minimum atomic E-state index is 0.623. The highest BCUT2D eigenvalue weighted by atomic mass is 16.3. The Labute approximate surface area is 170 Å². The standard InChI is InChI=1S/C18H16.C8H6N2O/c1-3-7-15-13(5-1)9-11-18-16-8-4-2-6-14(16)10-12-17(15)18;1-3-7(11-6-1)8-9-4-2-5-10-8/h1,3,5,7,9-12H,2,4,6,8H2;1-6H. The lowest BCUT2D eigenvalue weighted by Crippen LogP contribution is -2.02. The van der Waals surface area contributed by atoms with E-state index >= 15 is 0 Å². The van der Waals surface area contributed by atoms with Crippen LogP contribution in [0.1, 0.15) is 24.0 Å². The molecule has 1 aliphatic carbocycles. The molecule has 5 aromatic rings. The summed E-state index contributed by atoms with van der Waals surface area (Å²) in [4.78, 5) is 8.03. The molecular formula is C26H22N2O. The molecule has 2 aromatic heterocycles. The van der Waals surface area contributed by atoms with E-state index in [9.17, 15) is 0 Å². The second-order valence-corrected chi connectivity index (χ2v) is 7.34. The molecule has 3 nitrogen and oxygen atoms in total. The topological polar surface area (TPSA) is 38.9 Å². The summed E-state index contributed by atoms with van der Waals surface area (Å²) in [6, 6.07) is 23.4. The molecule has 29 heavy (non-hydrogen) atoms. The zero-order chi connectivity index (χ0) is 19.5. The van der Waals surface area contributed by atoms with Gasteiger partial charge >= 0.3 is 0 Å². The minimum Gasteiger partial charge on any atom is -0.461 e. The molecule has 2 heterocycles. The molecular weight excluding hydrogens is 356 g/mol. The zero-order valence-corrected chi connectivity index (χ0v) is 16.2. The van der Waals surface area contributed by atoms with Gasteiger partial charge in [0.1, 0.15) is 0 Å². The first-order valence-electron chi connectivity index (χ1n) is 10.1. The van der Waals surface area contributed by atoms with Crippen molar-refractivity contribution in [1.29, 1.82) is 0 Å². The van der Waals surface area contributed by atoms with Crippen LogP contribution in [0, 0.1) is 0 Å². The highest BCUT2D eigenvalue weighted by molar-refractivity contribution is 6.08. The van der Waals surface area contributed by atoms with E-state index in [4.69, 9.17) is 4.42 Å². The molecule has 0 unspecified atom stereocenters. The van der Waals surface area contributed by atoms with E-state index in [0.717, 1.165) is 0 Å². The smallest absolute Gasteiger partial charge is 0.195 e. The largest absolute Gasteiger partial charge is 0.461 e. The average molecular weight is 378 g/mol. The van der Waals surface area contributed by atoms with Crippen molar-refractivity contribution >= 4 is 21.5 Å². The quantitative estimate of drug-likeness (QED) is 0.308. The van der Waals surface area contributed by atoms with E-state index in [1.54, 1.807) is 35.9 Å². The first-order valence-corrected chi connectivity index (χ1v) is 10.1. The van der Waals surface area contributed by atoms with Crippen LogP contribution in [0.25, 0.3) is 33.1 Å². The molecule has 0 radical (unpaired) electrons. The molecule has 3 aromatic carbocycles. The van der Waals surface area contributed by atoms with E-state index in [-0.39, 0.29) is 0 Å². The number of fused-ring (bicyclic) bond motifs is 5. The van der Waals surface area contributed by atoms with Crippen molar-refractivity contribution in [3.8, 4) is 11.6 Å². The summed E-state index contributed by atoms with van der Waals surface area (Å²) in [5.41, 5.74) is 3.17. The molecule has 0 N–H and O–H groups in total. The van der Waals surface area contributed by atoms with Gasteiger partial charge in [0, 0.05) is 12.4 Å². The van der Waals surface area contributed by atoms with Gasteiger partial charge in [0.05, 0.1) is 6.26 Å². The molecule has 0 atom stereocenters. The van der Waals surface area contributed by atoms with Gasteiger partial charge in [-0.15, -0.1) is 0 Å². The van der Waals surface area contributed by atoms with Crippen molar-refractivity contribution in [3.63, 3.8) is 0 Å². The third kappa shape index (κ3) is 3.52. The van der Waals surface area contributed by atoms with Crippen LogP contribution < -0.4 is 0 Å². The van der Waals surface area contributed by atoms with Gasteiger partial charge in [0.2, 0.25) is 0 Å². The molecule has 142 valence electrons. The molecule has 3 heteroatoms. The molecule has 0 saturated heterocycles. The number of nitrogens with zero attached hydrogens (tertiary/aromatic N) is 2. The van der Waals surface area contributed by atoms with Gasteiger partial charge in [0.25, 0.3) is 0 Å². The third-order valence-corrected chi connectivity index (χ3v) is 5.56. The Kier molecular flexibility index (Phi) is 4.79. The monoisotopic (exact) mass is 378 g/mol. The van der Waals surface area contributed by atoms with Crippen molar-refractivity contribution < 1.29 is 4.42 Å². The summed E-state index contributed by atoms with van der Waals surface area (Å²) in [5.74, 6) is 1.32. The summed E-state index contributed by atoms with van der Waals surface area (Å²) >= 11 is 0. The number of benzene rings is 3. The fourth-order valence-corrected chi connectivity index (χ4v) is 4.17. The molecule has 0 amide bonds. The van der Waals surface area contributed by atoms with E-state index in [0.29, 0.717) is 11.6 Å². The zero-order valence-electron chi connectivity index (χ0n) is 16.2. The average Bonchev–Trinajstić information content (AvgIpc) is 3.35. The molecule has 0 fully saturated rings. The summed E-state index contributed by atoms with van der Waals surface area (Å²) < 4.78 is 5.09. The van der Waals surface area contributed by atoms with Crippen LogP contribution in [0.2, 0.25) is 0 Å². The Bertz CT molecular complexity index is 1240. The highest BCUT2D eigenvalue weighted by Crippen LogP contribution is 2.33. The van der Waals surface area contributed by atoms with Crippen LogP contribution in [0.3, 0.4) is 0 Å². The Morgan fingerprint density at radius 3 is 2.34 bits per heavy atom. The van der Waals surface area contributed by atoms with Crippen molar-refractivity contribution in [1.82, 2.24) is 9.97 Å². The molecule has 0 aliphatic heterocycles. The Morgan fingerprint density at radius 2 is 1.48 bits per heavy atom. The summed E-state index contributed by atoms with van der Waals surface area (Å²) in [7, 11) is 0. The van der Waals surface area contributed by atoms with Crippen molar-refractivity contribution in [2.24, 2.45) is 0 Å². The van der Waals surface area contributed by atoms with Crippen molar-refractivity contribution in [3.05, 3.63) is 96.5 Å². The van der Waals surface area contributed by atoms with Gasteiger partial charge in [-0.2, -0.15) is 0 Å². The van der Waals surface area contributed by atoms with Crippen LogP contribution in [0.5, 0.6) is 0 Å². The van der Waals surface area contributed by atoms with Crippen molar-refractivity contribution in [2.45, 2.75) is 25.7 Å². The van der Waals surface area contributed by atoms with Crippen LogP contribution >= 0.6 is 0 Å². The fourth-order valence-electron chi connectivity index (χ4n) is 4.17. The van der Waals surface area contributed by atoms with Gasteiger partial charge in [-0.3, -0.25) is 0 Å². The number of hydrogen-bond donors (Lipinski definition) is 0. The van der Waals surface area contributed by atoms with Crippen LogP contribution in [0.15, 0.2) is 89.8 Å². The maximum absolute atomic E-state index is 5.09. The molecule has 6 rings (SSSR count). The molecule has 1 aliphatic rings. The molecule has 0 saturated carbocycles. The summed E-state index contributed by atoms with van der Waals surface area (Å²) in [5, 5.41) is 5.64. The van der Waals surface area contributed by atoms with Crippen molar-refractivity contribution in [2.75, 3.05) is 0 Å².